The maximum atomic E-state index is 8.28. The van der Waals surface area contributed by atoms with Gasteiger partial charge in [-0.2, -0.15) is 0 Å². The summed E-state index contributed by atoms with van der Waals surface area (Å²) in [4.78, 5) is 6.93. The van der Waals surface area contributed by atoms with Crippen molar-refractivity contribution in [3.05, 3.63) is 64.8 Å². The zero-order chi connectivity index (χ0) is 12.6. The highest BCUT2D eigenvalue weighted by Crippen LogP contribution is 2.18. The van der Waals surface area contributed by atoms with Crippen molar-refractivity contribution in [1.29, 1.82) is 0 Å². The van der Waals surface area contributed by atoms with E-state index in [2.05, 4.69) is 15.0 Å². The number of ether oxygens (including phenoxy) is 1. The van der Waals surface area contributed by atoms with Crippen LogP contribution in [-0.4, -0.2) is 11.6 Å². The molecule has 0 amide bonds. The molecule has 5 heteroatoms. The lowest BCUT2D eigenvalue weighted by molar-refractivity contribution is 0.320. The topological polar surface area (TPSA) is 70.9 Å². The quantitative estimate of drug-likeness (QED) is 0.454. The highest BCUT2D eigenvalue weighted by atomic mass is 16.5. The minimum absolute atomic E-state index is 0.567. The van der Waals surface area contributed by atoms with E-state index >= 15 is 0 Å². The van der Waals surface area contributed by atoms with Crippen LogP contribution < -0.4 is 4.74 Å². The van der Waals surface area contributed by atoms with E-state index in [-0.39, 0.29) is 0 Å². The molecule has 0 unspecified atom stereocenters. The van der Waals surface area contributed by atoms with E-state index in [1.807, 2.05) is 18.2 Å². The predicted molar refractivity (Wildman–Crippen MR) is 68.7 cm³/mol. The molecule has 0 radical (unpaired) electrons. The summed E-state index contributed by atoms with van der Waals surface area (Å²) in [7, 11) is 0. The van der Waals surface area contributed by atoms with Crippen LogP contribution in [0.4, 0.5) is 5.69 Å². The molecular weight excluding hydrogens is 228 g/mol. The lowest BCUT2D eigenvalue weighted by Gasteiger charge is -2.05. The molecule has 0 fully saturated rings. The average molecular weight is 240 g/mol. The summed E-state index contributed by atoms with van der Waals surface area (Å²) in [6.45, 7) is 0.567. The Balaban J connectivity index is 1.85. The lowest BCUT2D eigenvalue weighted by Crippen LogP contribution is -2.02. The normalized spacial score (nSPS) is 9.56. The molecule has 0 saturated heterocycles. The summed E-state index contributed by atoms with van der Waals surface area (Å²) in [6.07, 6.45) is 2.53. The van der Waals surface area contributed by atoms with Crippen molar-refractivity contribution in [2.24, 2.45) is 5.11 Å². The van der Waals surface area contributed by atoms with Gasteiger partial charge in [-0.3, -0.25) is 4.98 Å². The summed E-state index contributed by atoms with van der Waals surface area (Å²) in [6, 6.07) is 12.8. The van der Waals surface area contributed by atoms with Crippen LogP contribution in [0.25, 0.3) is 10.4 Å². The molecule has 0 aliphatic carbocycles. The molecule has 0 saturated carbocycles. The van der Waals surface area contributed by atoms with Gasteiger partial charge in [0.2, 0.25) is 0 Å². The number of pyridine rings is 1. The second-order valence-electron chi connectivity index (χ2n) is 3.60. The largest absolute Gasteiger partial charge is 0.493 e. The molecule has 1 heterocycles. The van der Waals surface area contributed by atoms with E-state index in [9.17, 15) is 0 Å². The van der Waals surface area contributed by atoms with Gasteiger partial charge in [0.15, 0.2) is 0 Å². The van der Waals surface area contributed by atoms with Gasteiger partial charge in [0.05, 0.1) is 6.61 Å². The van der Waals surface area contributed by atoms with Crippen LogP contribution in [0.2, 0.25) is 0 Å². The first kappa shape index (κ1) is 12.0. The Hall–Kier alpha value is -2.52. The zero-order valence-electron chi connectivity index (χ0n) is 9.73. The van der Waals surface area contributed by atoms with Crippen LogP contribution in [0.3, 0.4) is 0 Å². The minimum Gasteiger partial charge on any atom is -0.493 e. The van der Waals surface area contributed by atoms with Crippen LogP contribution in [-0.2, 0) is 6.42 Å². The van der Waals surface area contributed by atoms with Crippen molar-refractivity contribution in [3.8, 4) is 5.75 Å². The van der Waals surface area contributed by atoms with Gasteiger partial charge in [0.1, 0.15) is 5.75 Å². The molecule has 5 nitrogen and oxygen atoms in total. The first-order valence-corrected chi connectivity index (χ1v) is 5.56. The van der Waals surface area contributed by atoms with Crippen molar-refractivity contribution < 1.29 is 4.74 Å². The average Bonchev–Trinajstić information content (AvgIpc) is 2.42. The standard InChI is InChI=1S/C13H12N4O/c14-17-16-12-4-6-13(7-5-12)18-10-8-11-3-1-2-9-15-11/h1-7,9H,8,10H2. The summed E-state index contributed by atoms with van der Waals surface area (Å²) in [5.74, 6) is 0.753. The van der Waals surface area contributed by atoms with Crippen LogP contribution >= 0.6 is 0 Å². The molecule has 2 aromatic rings. The fraction of sp³-hybridized carbons (Fsp3) is 0.154. The Bertz CT molecular complexity index is 533. The summed E-state index contributed by atoms with van der Waals surface area (Å²) in [5.41, 5.74) is 9.86. The third-order valence-corrected chi connectivity index (χ3v) is 2.35. The number of hydrogen-bond donors (Lipinski definition) is 0. The van der Waals surface area contributed by atoms with Crippen LogP contribution in [0.15, 0.2) is 53.8 Å². The number of hydrogen-bond acceptors (Lipinski definition) is 3. The molecule has 90 valence electrons. The van der Waals surface area contributed by atoms with Gasteiger partial charge in [-0.25, -0.2) is 0 Å². The lowest BCUT2D eigenvalue weighted by atomic mass is 10.3. The van der Waals surface area contributed by atoms with Gasteiger partial charge >= 0.3 is 0 Å². The van der Waals surface area contributed by atoms with Crippen molar-refractivity contribution in [3.63, 3.8) is 0 Å². The number of azide groups is 1. The highest BCUT2D eigenvalue weighted by molar-refractivity contribution is 5.40. The summed E-state index contributed by atoms with van der Waals surface area (Å²) < 4.78 is 5.57. The van der Waals surface area contributed by atoms with E-state index in [4.69, 9.17) is 10.3 Å². The van der Waals surface area contributed by atoms with Crippen LogP contribution in [0.1, 0.15) is 5.69 Å². The van der Waals surface area contributed by atoms with E-state index in [0.29, 0.717) is 12.3 Å². The third-order valence-electron chi connectivity index (χ3n) is 2.35. The Labute approximate surface area is 105 Å². The smallest absolute Gasteiger partial charge is 0.119 e. The SMILES string of the molecule is [N-]=[N+]=Nc1ccc(OCCc2ccccn2)cc1. The van der Waals surface area contributed by atoms with Gasteiger partial charge in [-0.1, -0.05) is 11.2 Å². The molecule has 0 spiro atoms. The molecule has 1 aromatic heterocycles. The van der Waals surface area contributed by atoms with E-state index in [1.54, 1.807) is 30.5 Å². The maximum absolute atomic E-state index is 8.28. The van der Waals surface area contributed by atoms with Crippen LogP contribution in [0.5, 0.6) is 5.75 Å². The van der Waals surface area contributed by atoms with Crippen molar-refractivity contribution in [2.75, 3.05) is 6.61 Å². The summed E-state index contributed by atoms with van der Waals surface area (Å²) >= 11 is 0. The number of rotatable bonds is 5. The highest BCUT2D eigenvalue weighted by Gasteiger charge is 1.96. The van der Waals surface area contributed by atoms with Gasteiger partial charge in [-0.05, 0) is 41.9 Å². The Morgan fingerprint density at radius 1 is 1.17 bits per heavy atom. The number of benzene rings is 1. The molecular formula is C13H12N4O. The van der Waals surface area contributed by atoms with Gasteiger partial charge in [0, 0.05) is 28.9 Å². The van der Waals surface area contributed by atoms with E-state index in [0.717, 1.165) is 17.9 Å². The Kier molecular flexibility index (Phi) is 4.16. The molecule has 0 N–H and O–H groups in total. The van der Waals surface area contributed by atoms with E-state index < -0.39 is 0 Å². The van der Waals surface area contributed by atoms with Crippen molar-refractivity contribution >= 4 is 5.69 Å². The Morgan fingerprint density at radius 3 is 2.67 bits per heavy atom. The zero-order valence-corrected chi connectivity index (χ0v) is 9.73. The van der Waals surface area contributed by atoms with E-state index in [1.165, 1.54) is 0 Å². The maximum Gasteiger partial charge on any atom is 0.119 e. The van der Waals surface area contributed by atoms with Gasteiger partial charge < -0.3 is 4.74 Å². The molecule has 18 heavy (non-hydrogen) atoms. The third kappa shape index (κ3) is 3.50. The molecule has 2 rings (SSSR count). The molecule has 0 atom stereocenters. The second kappa shape index (κ2) is 6.27. The fourth-order valence-electron chi connectivity index (χ4n) is 1.48. The van der Waals surface area contributed by atoms with Crippen molar-refractivity contribution in [2.45, 2.75) is 6.42 Å². The first-order valence-electron chi connectivity index (χ1n) is 5.56. The molecule has 0 aliphatic rings. The van der Waals surface area contributed by atoms with Gasteiger partial charge in [-0.15, -0.1) is 0 Å². The minimum atomic E-state index is 0.567. The first-order chi connectivity index (χ1) is 8.88. The monoisotopic (exact) mass is 240 g/mol. The Morgan fingerprint density at radius 2 is 2.00 bits per heavy atom. The molecule has 1 aromatic carbocycles. The number of aromatic nitrogens is 1. The molecule has 0 bridgehead atoms. The second-order valence-corrected chi connectivity index (χ2v) is 3.60. The molecule has 0 aliphatic heterocycles. The van der Waals surface area contributed by atoms with Gasteiger partial charge in [0.25, 0.3) is 0 Å². The number of nitrogens with zero attached hydrogens (tertiary/aromatic N) is 4. The van der Waals surface area contributed by atoms with Crippen LogP contribution in [0, 0.1) is 0 Å². The summed E-state index contributed by atoms with van der Waals surface area (Å²) in [5, 5.41) is 3.49. The van der Waals surface area contributed by atoms with Crippen molar-refractivity contribution in [1.82, 2.24) is 4.98 Å². The fourth-order valence-corrected chi connectivity index (χ4v) is 1.48. The predicted octanol–water partition coefficient (Wildman–Crippen LogP) is 3.64.